The van der Waals surface area contributed by atoms with Crippen LogP contribution in [-0.4, -0.2) is 21.0 Å². The van der Waals surface area contributed by atoms with Crippen molar-refractivity contribution in [2.75, 3.05) is 5.32 Å². The number of aromatic nitrogens is 1. The van der Waals surface area contributed by atoms with Gasteiger partial charge in [-0.2, -0.15) is 0 Å². The van der Waals surface area contributed by atoms with E-state index in [0.717, 1.165) is 5.69 Å². The molecule has 20 heavy (non-hydrogen) atoms. The van der Waals surface area contributed by atoms with Crippen molar-refractivity contribution in [3.63, 3.8) is 0 Å². The third-order valence-electron chi connectivity index (χ3n) is 2.36. The summed E-state index contributed by atoms with van der Waals surface area (Å²) < 4.78 is 0.715. The predicted molar refractivity (Wildman–Crippen MR) is 82.2 cm³/mol. The Bertz CT molecular complexity index is 673. The molecule has 0 saturated carbocycles. The predicted octanol–water partition coefficient (Wildman–Crippen LogP) is 2.97. The maximum absolute atomic E-state index is 10.7. The lowest BCUT2D eigenvalue weighted by Gasteiger charge is -2.06. The van der Waals surface area contributed by atoms with E-state index in [1.54, 1.807) is 6.07 Å². The zero-order chi connectivity index (χ0) is 14.7. The van der Waals surface area contributed by atoms with Gasteiger partial charge in [0.25, 0.3) is 5.69 Å². The molecule has 1 aromatic carbocycles. The number of hydrogen-bond acceptors (Lipinski definition) is 6. The van der Waals surface area contributed by atoms with Gasteiger partial charge < -0.3 is 10.4 Å². The summed E-state index contributed by atoms with van der Waals surface area (Å²) in [7, 11) is 0. The van der Waals surface area contributed by atoms with Gasteiger partial charge in [0.05, 0.1) is 11.5 Å². The third-order valence-corrected chi connectivity index (χ3v) is 4.11. The molecule has 0 aliphatic carbocycles. The van der Waals surface area contributed by atoms with Crippen LogP contribution in [0, 0.1) is 13.7 Å². The van der Waals surface area contributed by atoms with Gasteiger partial charge in [-0.05, 0) is 28.7 Å². The highest BCUT2D eigenvalue weighted by Crippen LogP contribution is 2.24. The third kappa shape index (κ3) is 3.42. The monoisotopic (exact) mass is 405 g/mol. The van der Waals surface area contributed by atoms with Crippen molar-refractivity contribution in [1.29, 1.82) is 0 Å². The minimum Gasteiger partial charge on any atom is -0.476 e. The lowest BCUT2D eigenvalue weighted by Crippen LogP contribution is -2.03. The Morgan fingerprint density at radius 2 is 2.30 bits per heavy atom. The first-order chi connectivity index (χ1) is 9.47. The largest absolute Gasteiger partial charge is 0.476 e. The lowest BCUT2D eigenvalue weighted by molar-refractivity contribution is -0.384. The molecule has 104 valence electrons. The summed E-state index contributed by atoms with van der Waals surface area (Å²) in [5.74, 6) is -1.06. The number of thiazole rings is 1. The Balaban J connectivity index is 2.06. The Morgan fingerprint density at radius 3 is 2.85 bits per heavy atom. The molecule has 0 bridgehead atoms. The molecule has 2 N–H and O–H groups in total. The zero-order valence-electron chi connectivity index (χ0n) is 9.87. The average Bonchev–Trinajstić information content (AvgIpc) is 2.86. The summed E-state index contributed by atoms with van der Waals surface area (Å²) in [6.45, 7) is 0.367. The quantitative estimate of drug-likeness (QED) is 0.450. The van der Waals surface area contributed by atoms with Crippen LogP contribution in [0.3, 0.4) is 0 Å². The minimum absolute atomic E-state index is 0.0187. The van der Waals surface area contributed by atoms with Gasteiger partial charge in [-0.15, -0.1) is 11.3 Å². The van der Waals surface area contributed by atoms with Gasteiger partial charge in [0, 0.05) is 26.8 Å². The summed E-state index contributed by atoms with van der Waals surface area (Å²) in [5, 5.41) is 24.6. The van der Waals surface area contributed by atoms with Crippen molar-refractivity contribution in [2.45, 2.75) is 6.54 Å². The van der Waals surface area contributed by atoms with E-state index in [0.29, 0.717) is 15.1 Å². The van der Waals surface area contributed by atoms with Crippen molar-refractivity contribution in [2.24, 2.45) is 0 Å². The van der Waals surface area contributed by atoms with Crippen molar-refractivity contribution in [3.8, 4) is 0 Å². The zero-order valence-corrected chi connectivity index (χ0v) is 12.8. The smallest absolute Gasteiger partial charge is 0.355 e. The fraction of sp³-hybridized carbons (Fsp3) is 0.0909. The topological polar surface area (TPSA) is 105 Å². The number of aromatic carboxylic acids is 1. The Hall–Kier alpha value is -1.75. The number of carbonyl (C=O) groups is 1. The van der Waals surface area contributed by atoms with Crippen molar-refractivity contribution in [3.05, 3.63) is 48.0 Å². The highest BCUT2D eigenvalue weighted by atomic mass is 127. The molecule has 0 saturated heterocycles. The van der Waals surface area contributed by atoms with Crippen molar-refractivity contribution >= 4 is 51.3 Å². The molecular weight excluding hydrogens is 397 g/mol. The van der Waals surface area contributed by atoms with Crippen LogP contribution < -0.4 is 5.32 Å². The number of carboxylic acids is 1. The molecule has 2 aromatic rings. The van der Waals surface area contributed by atoms with Crippen LogP contribution in [0.25, 0.3) is 0 Å². The van der Waals surface area contributed by atoms with E-state index >= 15 is 0 Å². The van der Waals surface area contributed by atoms with Crippen molar-refractivity contribution < 1.29 is 14.8 Å². The second-order valence-corrected chi connectivity index (χ2v) is 5.81. The summed E-state index contributed by atoms with van der Waals surface area (Å²) in [4.78, 5) is 24.8. The number of nitro groups is 1. The minimum atomic E-state index is -1.06. The number of nitro benzene ring substituents is 1. The van der Waals surface area contributed by atoms with E-state index in [4.69, 9.17) is 5.11 Å². The SMILES string of the molecule is O=C(O)c1csc(CNc2ccc([N+](=O)[O-])cc2I)n1. The van der Waals surface area contributed by atoms with Gasteiger partial charge in [0.15, 0.2) is 5.69 Å². The molecule has 1 aromatic heterocycles. The van der Waals surface area contributed by atoms with E-state index in [9.17, 15) is 14.9 Å². The van der Waals surface area contributed by atoms with Gasteiger partial charge in [-0.3, -0.25) is 10.1 Å². The molecule has 9 heteroatoms. The second-order valence-electron chi connectivity index (χ2n) is 3.71. The van der Waals surface area contributed by atoms with E-state index in [-0.39, 0.29) is 11.4 Å². The van der Waals surface area contributed by atoms with Crippen LogP contribution in [-0.2, 0) is 6.54 Å². The molecule has 0 fully saturated rings. The molecule has 1 heterocycles. The normalized spacial score (nSPS) is 10.2. The summed E-state index contributed by atoms with van der Waals surface area (Å²) in [5.41, 5.74) is 0.788. The molecule has 0 aliphatic heterocycles. The Labute approximate surface area is 130 Å². The number of hydrogen-bond donors (Lipinski definition) is 2. The van der Waals surface area contributed by atoms with Crippen LogP contribution in [0.4, 0.5) is 11.4 Å². The molecule has 7 nitrogen and oxygen atoms in total. The fourth-order valence-corrected chi connectivity index (χ4v) is 2.82. The molecular formula is C11H8IN3O4S. The van der Waals surface area contributed by atoms with Crippen LogP contribution in [0.5, 0.6) is 0 Å². The van der Waals surface area contributed by atoms with Gasteiger partial charge in [0.1, 0.15) is 5.01 Å². The maximum Gasteiger partial charge on any atom is 0.355 e. The van der Waals surface area contributed by atoms with Gasteiger partial charge >= 0.3 is 5.97 Å². The summed E-state index contributed by atoms with van der Waals surface area (Å²) >= 11 is 3.25. The van der Waals surface area contributed by atoms with Crippen LogP contribution in [0.1, 0.15) is 15.5 Å². The number of non-ortho nitro benzene ring substituents is 1. The molecule has 0 unspecified atom stereocenters. The fourth-order valence-electron chi connectivity index (χ4n) is 1.42. The average molecular weight is 405 g/mol. The molecule has 0 atom stereocenters. The number of rotatable bonds is 5. The number of nitrogens with one attached hydrogen (secondary N) is 1. The number of nitrogens with zero attached hydrogens (tertiary/aromatic N) is 2. The number of anilines is 1. The molecule has 0 radical (unpaired) electrons. The molecule has 0 aliphatic rings. The van der Waals surface area contributed by atoms with Gasteiger partial charge in [-0.25, -0.2) is 9.78 Å². The Kier molecular flexibility index (Phi) is 4.49. The molecule has 0 amide bonds. The first kappa shape index (κ1) is 14.7. The first-order valence-corrected chi connectivity index (χ1v) is 7.28. The van der Waals surface area contributed by atoms with Crippen LogP contribution >= 0.6 is 33.9 Å². The number of benzene rings is 1. The highest BCUT2D eigenvalue weighted by Gasteiger charge is 2.11. The number of carboxylic acid groups (broad SMARTS) is 1. The number of halogens is 1. The summed E-state index contributed by atoms with van der Waals surface area (Å²) in [6.07, 6.45) is 0. The lowest BCUT2D eigenvalue weighted by atomic mass is 10.3. The van der Waals surface area contributed by atoms with Gasteiger partial charge in [0.2, 0.25) is 0 Å². The molecule has 2 rings (SSSR count). The van der Waals surface area contributed by atoms with E-state index in [1.807, 2.05) is 22.6 Å². The van der Waals surface area contributed by atoms with Crippen molar-refractivity contribution in [1.82, 2.24) is 4.98 Å². The maximum atomic E-state index is 10.7. The Morgan fingerprint density at radius 1 is 1.55 bits per heavy atom. The summed E-state index contributed by atoms with van der Waals surface area (Å²) in [6, 6.07) is 4.49. The van der Waals surface area contributed by atoms with E-state index in [1.165, 1.54) is 28.8 Å². The molecule has 0 spiro atoms. The first-order valence-electron chi connectivity index (χ1n) is 5.33. The van der Waals surface area contributed by atoms with E-state index < -0.39 is 10.9 Å². The highest BCUT2D eigenvalue weighted by molar-refractivity contribution is 14.1. The van der Waals surface area contributed by atoms with Crippen LogP contribution in [0.15, 0.2) is 23.6 Å². The van der Waals surface area contributed by atoms with Crippen LogP contribution in [0.2, 0.25) is 0 Å². The van der Waals surface area contributed by atoms with Gasteiger partial charge in [-0.1, -0.05) is 0 Å². The standard InChI is InChI=1S/C11H8IN3O4S/c12-7-3-6(15(18)19)1-2-8(7)13-4-10-14-9(5-20-10)11(16)17/h1-3,5,13H,4H2,(H,16,17). The second kappa shape index (κ2) is 6.13. The van der Waals surface area contributed by atoms with E-state index in [2.05, 4.69) is 10.3 Å².